The van der Waals surface area contributed by atoms with E-state index in [0.29, 0.717) is 6.42 Å². The van der Waals surface area contributed by atoms with Gasteiger partial charge >= 0.3 is 0 Å². The fourth-order valence-corrected chi connectivity index (χ4v) is 1.25. The van der Waals surface area contributed by atoms with Gasteiger partial charge in [-0.3, -0.25) is 0 Å². The summed E-state index contributed by atoms with van der Waals surface area (Å²) in [4.78, 5) is 10.4. The van der Waals surface area contributed by atoms with Crippen LogP contribution in [0.25, 0.3) is 0 Å². The van der Waals surface area contributed by atoms with Crippen molar-refractivity contribution >= 4 is 6.29 Å². The van der Waals surface area contributed by atoms with Gasteiger partial charge in [-0.2, -0.15) is 0 Å². The van der Waals surface area contributed by atoms with Crippen LogP contribution in [0.15, 0.2) is 48.7 Å². The molecule has 1 heteroatoms. The molecular weight excluding hydrogens is 160 g/mol. The van der Waals surface area contributed by atoms with Gasteiger partial charge in [0.1, 0.15) is 6.29 Å². The van der Waals surface area contributed by atoms with Crippen LogP contribution in [0.5, 0.6) is 0 Å². The number of carbonyl (C=O) groups excluding carboxylic acids is 1. The van der Waals surface area contributed by atoms with Crippen molar-refractivity contribution in [1.82, 2.24) is 0 Å². The Morgan fingerprint density at radius 3 is 2.62 bits per heavy atom. The first-order chi connectivity index (χ1) is 6.38. The van der Waals surface area contributed by atoms with E-state index in [9.17, 15) is 4.79 Å². The first-order valence-corrected chi connectivity index (χ1v) is 4.23. The molecule has 0 heterocycles. The van der Waals surface area contributed by atoms with Crippen LogP contribution in [-0.4, -0.2) is 6.29 Å². The molecule has 1 unspecified atom stereocenters. The Morgan fingerprint density at radius 1 is 1.38 bits per heavy atom. The van der Waals surface area contributed by atoms with Crippen molar-refractivity contribution in [2.24, 2.45) is 0 Å². The maximum absolute atomic E-state index is 10.4. The smallest absolute Gasteiger partial charge is 0.120 e. The fourth-order valence-electron chi connectivity index (χ4n) is 1.25. The van der Waals surface area contributed by atoms with Crippen LogP contribution in [0, 0.1) is 0 Å². The van der Waals surface area contributed by atoms with E-state index < -0.39 is 0 Å². The van der Waals surface area contributed by atoms with Crippen molar-refractivity contribution < 1.29 is 4.79 Å². The number of allylic oxidation sites excluding steroid dienone is 1. The molecule has 0 aliphatic heterocycles. The Bertz CT molecular complexity index is 307. The second-order valence-corrected chi connectivity index (χ2v) is 2.79. The standard InChI is InChI=1S/C12H12O/c1-2-6-11(9-10-13)12-7-4-3-5-8-12/h3-8,10-11H,1,9H2. The first-order valence-electron chi connectivity index (χ1n) is 4.23. The van der Waals surface area contributed by atoms with Gasteiger partial charge in [-0.1, -0.05) is 36.9 Å². The third-order valence-corrected chi connectivity index (χ3v) is 1.90. The van der Waals surface area contributed by atoms with Crippen molar-refractivity contribution in [2.45, 2.75) is 12.3 Å². The Balaban J connectivity index is 2.87. The molecule has 13 heavy (non-hydrogen) atoms. The van der Waals surface area contributed by atoms with Crippen LogP contribution in [0.3, 0.4) is 0 Å². The van der Waals surface area contributed by atoms with Gasteiger partial charge in [0.25, 0.3) is 0 Å². The van der Waals surface area contributed by atoms with Crippen LogP contribution in [0.4, 0.5) is 0 Å². The van der Waals surface area contributed by atoms with E-state index in [0.717, 1.165) is 11.8 Å². The van der Waals surface area contributed by atoms with Crippen molar-refractivity contribution in [3.05, 3.63) is 54.3 Å². The molecule has 0 bridgehead atoms. The van der Waals surface area contributed by atoms with Crippen molar-refractivity contribution in [2.75, 3.05) is 0 Å². The third-order valence-electron chi connectivity index (χ3n) is 1.90. The molecule has 1 rings (SSSR count). The summed E-state index contributed by atoms with van der Waals surface area (Å²) in [6, 6.07) is 9.89. The van der Waals surface area contributed by atoms with Gasteiger partial charge in [-0.05, 0) is 11.6 Å². The van der Waals surface area contributed by atoms with Gasteiger partial charge in [0, 0.05) is 12.3 Å². The van der Waals surface area contributed by atoms with Crippen LogP contribution in [-0.2, 0) is 4.79 Å². The molecule has 0 saturated heterocycles. The summed E-state index contributed by atoms with van der Waals surface area (Å²) in [7, 11) is 0. The molecule has 0 spiro atoms. The maximum Gasteiger partial charge on any atom is 0.120 e. The lowest BCUT2D eigenvalue weighted by Gasteiger charge is -2.07. The highest BCUT2D eigenvalue weighted by atomic mass is 16.1. The van der Waals surface area contributed by atoms with E-state index in [2.05, 4.69) is 12.3 Å². The van der Waals surface area contributed by atoms with E-state index >= 15 is 0 Å². The Morgan fingerprint density at radius 2 is 2.08 bits per heavy atom. The highest BCUT2D eigenvalue weighted by molar-refractivity contribution is 5.52. The lowest BCUT2D eigenvalue weighted by molar-refractivity contribution is -0.108. The molecule has 0 radical (unpaired) electrons. The van der Waals surface area contributed by atoms with Crippen LogP contribution >= 0.6 is 0 Å². The van der Waals surface area contributed by atoms with E-state index in [-0.39, 0.29) is 5.92 Å². The van der Waals surface area contributed by atoms with Gasteiger partial charge in [0.15, 0.2) is 0 Å². The molecule has 0 saturated carbocycles. The number of rotatable bonds is 4. The second kappa shape index (κ2) is 5.13. The minimum absolute atomic E-state index is 0.121. The summed E-state index contributed by atoms with van der Waals surface area (Å²) in [5.41, 5.74) is 3.85. The lowest BCUT2D eigenvalue weighted by atomic mass is 9.96. The van der Waals surface area contributed by atoms with Crippen LogP contribution in [0.2, 0.25) is 0 Å². The van der Waals surface area contributed by atoms with Gasteiger partial charge in [-0.15, -0.1) is 5.73 Å². The Hall–Kier alpha value is -1.59. The lowest BCUT2D eigenvalue weighted by Crippen LogP contribution is -1.94. The SMILES string of the molecule is C=C=CC(CC=O)c1ccccc1. The predicted molar refractivity (Wildman–Crippen MR) is 53.6 cm³/mol. The quantitative estimate of drug-likeness (QED) is 0.504. The van der Waals surface area contributed by atoms with E-state index in [1.54, 1.807) is 0 Å². The summed E-state index contributed by atoms with van der Waals surface area (Å²) in [5.74, 6) is 0.121. The fraction of sp³-hybridized carbons (Fsp3) is 0.167. The van der Waals surface area contributed by atoms with Gasteiger partial charge < -0.3 is 4.79 Å². The topological polar surface area (TPSA) is 17.1 Å². The van der Waals surface area contributed by atoms with E-state index in [4.69, 9.17) is 0 Å². The largest absolute Gasteiger partial charge is 0.303 e. The number of hydrogen-bond acceptors (Lipinski definition) is 1. The molecule has 0 aromatic heterocycles. The zero-order valence-electron chi connectivity index (χ0n) is 7.44. The summed E-state index contributed by atoms with van der Waals surface area (Å²) in [6.45, 7) is 3.51. The molecule has 0 aliphatic rings. The molecule has 1 aromatic rings. The Kier molecular flexibility index (Phi) is 3.74. The Labute approximate surface area is 78.4 Å². The summed E-state index contributed by atoms with van der Waals surface area (Å²) >= 11 is 0. The molecule has 0 amide bonds. The van der Waals surface area contributed by atoms with E-state index in [1.165, 1.54) is 0 Å². The monoisotopic (exact) mass is 172 g/mol. The average Bonchev–Trinajstić information content (AvgIpc) is 2.19. The van der Waals surface area contributed by atoms with Crippen molar-refractivity contribution in [3.63, 3.8) is 0 Å². The number of benzene rings is 1. The second-order valence-electron chi connectivity index (χ2n) is 2.79. The minimum Gasteiger partial charge on any atom is -0.303 e. The molecular formula is C12H12O. The first kappa shape index (κ1) is 9.50. The normalized spacial score (nSPS) is 11.4. The average molecular weight is 172 g/mol. The zero-order chi connectivity index (χ0) is 9.52. The molecule has 1 atom stereocenters. The molecule has 1 aromatic carbocycles. The predicted octanol–water partition coefficient (Wildman–Crippen LogP) is 2.70. The zero-order valence-corrected chi connectivity index (χ0v) is 7.44. The highest BCUT2D eigenvalue weighted by Gasteiger charge is 2.05. The van der Waals surface area contributed by atoms with Crippen LogP contribution in [0.1, 0.15) is 17.9 Å². The maximum atomic E-state index is 10.4. The number of hydrogen-bond donors (Lipinski definition) is 0. The molecule has 0 aliphatic carbocycles. The van der Waals surface area contributed by atoms with Gasteiger partial charge in [0.2, 0.25) is 0 Å². The third kappa shape index (κ3) is 2.73. The van der Waals surface area contributed by atoms with Gasteiger partial charge in [0.05, 0.1) is 0 Å². The minimum atomic E-state index is 0.121. The molecule has 0 fully saturated rings. The van der Waals surface area contributed by atoms with Crippen molar-refractivity contribution in [3.8, 4) is 0 Å². The molecule has 66 valence electrons. The summed E-state index contributed by atoms with van der Waals surface area (Å²) in [5, 5.41) is 0. The molecule has 0 N–H and O–H groups in total. The van der Waals surface area contributed by atoms with Crippen LogP contribution < -0.4 is 0 Å². The number of aldehydes is 1. The summed E-state index contributed by atoms with van der Waals surface area (Å²) < 4.78 is 0. The highest BCUT2D eigenvalue weighted by Crippen LogP contribution is 2.18. The summed E-state index contributed by atoms with van der Waals surface area (Å²) in [6.07, 6.45) is 3.24. The molecule has 1 nitrogen and oxygen atoms in total. The van der Waals surface area contributed by atoms with E-state index in [1.807, 2.05) is 36.4 Å². The van der Waals surface area contributed by atoms with Gasteiger partial charge in [-0.25, -0.2) is 0 Å². The number of carbonyl (C=O) groups is 1. The van der Waals surface area contributed by atoms with Crippen molar-refractivity contribution in [1.29, 1.82) is 0 Å².